The van der Waals surface area contributed by atoms with Crippen molar-refractivity contribution in [3.8, 4) is 6.07 Å². The predicted octanol–water partition coefficient (Wildman–Crippen LogP) is 1.70. The van der Waals surface area contributed by atoms with Crippen molar-refractivity contribution in [1.29, 1.82) is 5.26 Å². The number of nitrogens with zero attached hydrogens (tertiary/aromatic N) is 1. The smallest absolute Gasteiger partial charge is 0.0635 e. The summed E-state index contributed by atoms with van der Waals surface area (Å²) in [7, 11) is 0. The van der Waals surface area contributed by atoms with Gasteiger partial charge in [-0.15, -0.1) is 0 Å². The summed E-state index contributed by atoms with van der Waals surface area (Å²) in [5.41, 5.74) is 0. The molecule has 1 fully saturated rings. The molecule has 2 nitrogen and oxygen atoms in total. The first-order chi connectivity index (χ1) is 6.40. The van der Waals surface area contributed by atoms with E-state index < -0.39 is 0 Å². The van der Waals surface area contributed by atoms with Gasteiger partial charge in [0.2, 0.25) is 0 Å². The van der Waals surface area contributed by atoms with E-state index in [-0.39, 0.29) is 0 Å². The number of nitriles is 1. The van der Waals surface area contributed by atoms with E-state index >= 15 is 0 Å². The maximum atomic E-state index is 8.36. The highest BCUT2D eigenvalue weighted by Gasteiger charge is 2.34. The van der Waals surface area contributed by atoms with Crippen LogP contribution >= 0.6 is 0 Å². The summed E-state index contributed by atoms with van der Waals surface area (Å²) in [5, 5.41) is 11.7. The van der Waals surface area contributed by atoms with Crippen LogP contribution in [0.5, 0.6) is 0 Å². The maximum absolute atomic E-state index is 8.36. The summed E-state index contributed by atoms with van der Waals surface area (Å²) < 4.78 is 0. The summed E-state index contributed by atoms with van der Waals surface area (Å²) in [6, 6.07) is 2.15. The van der Waals surface area contributed by atoms with Crippen LogP contribution < -0.4 is 5.32 Å². The quantitative estimate of drug-likeness (QED) is 0.523. The highest BCUT2D eigenvalue weighted by Crippen LogP contribution is 2.42. The first-order valence-corrected chi connectivity index (χ1v) is 5.16. The second-order valence-corrected chi connectivity index (χ2v) is 4.15. The van der Waals surface area contributed by atoms with Crippen molar-refractivity contribution in [3.63, 3.8) is 0 Å². The predicted molar refractivity (Wildman–Crippen MR) is 51.9 cm³/mol. The maximum Gasteiger partial charge on any atom is 0.0635 e. The average molecular weight is 176 g/mol. The number of hydrogen-bond acceptors (Lipinski definition) is 2. The molecule has 0 aromatic carbocycles. The molecule has 2 rings (SSSR count). The zero-order valence-electron chi connectivity index (χ0n) is 7.87. The third kappa shape index (κ3) is 1.92. The van der Waals surface area contributed by atoms with E-state index in [4.69, 9.17) is 5.26 Å². The number of hydrogen-bond donors (Lipinski definition) is 1. The van der Waals surface area contributed by atoms with Crippen molar-refractivity contribution in [2.75, 3.05) is 13.1 Å². The molecule has 2 bridgehead atoms. The van der Waals surface area contributed by atoms with E-state index in [0.717, 1.165) is 30.8 Å². The largest absolute Gasteiger partial charge is 0.315 e. The summed E-state index contributed by atoms with van der Waals surface area (Å²) in [6.07, 6.45) is 8.13. The van der Waals surface area contributed by atoms with Crippen LogP contribution in [0.2, 0.25) is 0 Å². The Hall–Kier alpha value is -0.810. The van der Waals surface area contributed by atoms with Crippen LogP contribution in [0.25, 0.3) is 0 Å². The van der Waals surface area contributed by atoms with Gasteiger partial charge in [-0.3, -0.25) is 0 Å². The average Bonchev–Trinajstić information content (AvgIpc) is 2.73. The molecule has 0 heterocycles. The van der Waals surface area contributed by atoms with Gasteiger partial charge in [0.1, 0.15) is 0 Å². The molecule has 0 aliphatic heterocycles. The van der Waals surface area contributed by atoms with Crippen LogP contribution in [-0.4, -0.2) is 13.1 Å². The molecule has 2 aliphatic rings. The molecule has 3 unspecified atom stereocenters. The normalized spacial score (nSPS) is 35.2. The minimum Gasteiger partial charge on any atom is -0.315 e. The zero-order valence-corrected chi connectivity index (χ0v) is 7.87. The van der Waals surface area contributed by atoms with Crippen LogP contribution in [0.15, 0.2) is 12.2 Å². The Bertz CT molecular complexity index is 239. The number of fused-ring (bicyclic) bond motifs is 2. The molecule has 0 saturated heterocycles. The molecule has 0 aromatic heterocycles. The van der Waals surface area contributed by atoms with Gasteiger partial charge in [-0.1, -0.05) is 12.2 Å². The van der Waals surface area contributed by atoms with Crippen molar-refractivity contribution in [1.82, 2.24) is 5.32 Å². The minimum absolute atomic E-state index is 0.636. The minimum atomic E-state index is 0.636. The van der Waals surface area contributed by atoms with E-state index in [2.05, 4.69) is 23.5 Å². The Labute approximate surface area is 79.6 Å². The lowest BCUT2D eigenvalue weighted by molar-refractivity contribution is 0.417. The standard InChI is InChI=1S/C11H16N2/c12-4-1-5-13-8-11-7-9-2-3-10(11)6-9/h2-3,9-11,13H,1,5-8H2. The fourth-order valence-electron chi connectivity index (χ4n) is 2.56. The Morgan fingerprint density at radius 2 is 2.31 bits per heavy atom. The Balaban J connectivity index is 1.67. The van der Waals surface area contributed by atoms with E-state index in [1.807, 2.05) is 0 Å². The molecule has 2 aliphatic carbocycles. The highest BCUT2D eigenvalue weighted by molar-refractivity contribution is 5.10. The van der Waals surface area contributed by atoms with Crippen molar-refractivity contribution in [2.45, 2.75) is 19.3 Å². The van der Waals surface area contributed by atoms with E-state index in [0.29, 0.717) is 6.42 Å². The van der Waals surface area contributed by atoms with Crippen molar-refractivity contribution >= 4 is 0 Å². The van der Waals surface area contributed by atoms with Crippen LogP contribution in [-0.2, 0) is 0 Å². The SMILES string of the molecule is N#CCCNCC1CC2C=CC1C2. The molecule has 2 heteroatoms. The van der Waals surface area contributed by atoms with E-state index in [1.165, 1.54) is 12.8 Å². The van der Waals surface area contributed by atoms with Crippen molar-refractivity contribution in [3.05, 3.63) is 12.2 Å². The van der Waals surface area contributed by atoms with Gasteiger partial charge in [-0.25, -0.2) is 0 Å². The van der Waals surface area contributed by atoms with Crippen LogP contribution in [0.3, 0.4) is 0 Å². The lowest BCUT2D eigenvalue weighted by Crippen LogP contribution is -2.26. The second-order valence-electron chi connectivity index (χ2n) is 4.15. The number of rotatable bonds is 4. The first kappa shape index (κ1) is 8.77. The molecule has 1 saturated carbocycles. The van der Waals surface area contributed by atoms with Gasteiger partial charge < -0.3 is 5.32 Å². The summed E-state index contributed by atoms with van der Waals surface area (Å²) in [5.74, 6) is 2.54. The summed E-state index contributed by atoms with van der Waals surface area (Å²) in [6.45, 7) is 1.96. The van der Waals surface area contributed by atoms with Crippen molar-refractivity contribution in [2.24, 2.45) is 17.8 Å². The third-order valence-corrected chi connectivity index (χ3v) is 3.24. The molecule has 70 valence electrons. The van der Waals surface area contributed by atoms with Gasteiger partial charge in [-0.2, -0.15) is 5.26 Å². The summed E-state index contributed by atoms with van der Waals surface area (Å²) in [4.78, 5) is 0. The summed E-state index contributed by atoms with van der Waals surface area (Å²) >= 11 is 0. The first-order valence-electron chi connectivity index (χ1n) is 5.16. The van der Waals surface area contributed by atoms with Gasteiger partial charge in [-0.05, 0) is 37.1 Å². The van der Waals surface area contributed by atoms with E-state index in [1.54, 1.807) is 0 Å². The van der Waals surface area contributed by atoms with Crippen LogP contribution in [0.1, 0.15) is 19.3 Å². The lowest BCUT2D eigenvalue weighted by Gasteiger charge is -2.17. The molecule has 0 spiro atoms. The molecule has 0 aromatic rings. The zero-order chi connectivity index (χ0) is 9.10. The lowest BCUT2D eigenvalue weighted by atomic mass is 9.94. The number of nitrogens with one attached hydrogen (secondary N) is 1. The van der Waals surface area contributed by atoms with Gasteiger partial charge in [0.25, 0.3) is 0 Å². The van der Waals surface area contributed by atoms with Crippen LogP contribution in [0.4, 0.5) is 0 Å². The van der Waals surface area contributed by atoms with Crippen LogP contribution in [0, 0.1) is 29.1 Å². The Kier molecular flexibility index (Phi) is 2.65. The molecular weight excluding hydrogens is 160 g/mol. The Morgan fingerprint density at radius 1 is 1.38 bits per heavy atom. The molecule has 0 radical (unpaired) electrons. The topological polar surface area (TPSA) is 35.8 Å². The molecular formula is C11H16N2. The second kappa shape index (κ2) is 3.93. The molecule has 3 atom stereocenters. The fourth-order valence-corrected chi connectivity index (χ4v) is 2.56. The van der Waals surface area contributed by atoms with Gasteiger partial charge in [0.15, 0.2) is 0 Å². The van der Waals surface area contributed by atoms with Gasteiger partial charge in [0.05, 0.1) is 6.07 Å². The monoisotopic (exact) mass is 176 g/mol. The molecule has 1 N–H and O–H groups in total. The van der Waals surface area contributed by atoms with Crippen molar-refractivity contribution < 1.29 is 0 Å². The molecule has 13 heavy (non-hydrogen) atoms. The number of allylic oxidation sites excluding steroid dienone is 2. The highest BCUT2D eigenvalue weighted by atomic mass is 14.9. The fraction of sp³-hybridized carbons (Fsp3) is 0.727. The van der Waals surface area contributed by atoms with Gasteiger partial charge >= 0.3 is 0 Å². The van der Waals surface area contributed by atoms with Gasteiger partial charge in [0, 0.05) is 13.0 Å². The van der Waals surface area contributed by atoms with E-state index in [9.17, 15) is 0 Å². The Morgan fingerprint density at radius 3 is 2.92 bits per heavy atom. The third-order valence-electron chi connectivity index (χ3n) is 3.24. The molecule has 0 amide bonds.